The lowest BCUT2D eigenvalue weighted by atomic mass is 10.1. The van der Waals surface area contributed by atoms with Crippen molar-refractivity contribution in [2.45, 2.75) is 12.8 Å². The van der Waals surface area contributed by atoms with Gasteiger partial charge in [0.2, 0.25) is 0 Å². The van der Waals surface area contributed by atoms with Crippen LogP contribution in [0.1, 0.15) is 17.5 Å². The van der Waals surface area contributed by atoms with Crippen LogP contribution in [0.3, 0.4) is 0 Å². The average molecular weight is 301 g/mol. The van der Waals surface area contributed by atoms with Gasteiger partial charge in [0.25, 0.3) is 0 Å². The third-order valence-corrected chi connectivity index (χ3v) is 3.54. The maximum Gasteiger partial charge on any atom is 0.437 e. The summed E-state index contributed by atoms with van der Waals surface area (Å²) in [6.45, 7) is 0. The standard InChI is InChI=1S/C16H13ClN2O2/c17-12-6-8-13(9-7-12)18-16(20)21-19-15-10-5-11-3-1-2-4-14(11)15/h1-4,6-9H,5,10H2,(H,18,20)/b19-15+. The van der Waals surface area contributed by atoms with Gasteiger partial charge in [-0.25, -0.2) is 4.79 Å². The molecule has 4 nitrogen and oxygen atoms in total. The second-order valence-electron chi connectivity index (χ2n) is 4.71. The number of amides is 1. The fraction of sp³-hybridized carbons (Fsp3) is 0.125. The average Bonchev–Trinajstić information content (AvgIpc) is 2.91. The third kappa shape index (κ3) is 3.23. The molecule has 3 rings (SSSR count). The Balaban J connectivity index is 1.64. The first-order chi connectivity index (χ1) is 10.2. The summed E-state index contributed by atoms with van der Waals surface area (Å²) in [5.41, 5.74) is 3.70. The van der Waals surface area contributed by atoms with Crippen molar-refractivity contribution < 1.29 is 9.63 Å². The largest absolute Gasteiger partial charge is 0.437 e. The monoisotopic (exact) mass is 300 g/mol. The van der Waals surface area contributed by atoms with Gasteiger partial charge in [0.15, 0.2) is 0 Å². The molecule has 0 spiro atoms. The van der Waals surface area contributed by atoms with Crippen LogP contribution in [0.4, 0.5) is 10.5 Å². The van der Waals surface area contributed by atoms with E-state index in [2.05, 4.69) is 16.5 Å². The van der Waals surface area contributed by atoms with Crippen molar-refractivity contribution in [3.05, 3.63) is 64.7 Å². The first-order valence-electron chi connectivity index (χ1n) is 6.61. The summed E-state index contributed by atoms with van der Waals surface area (Å²) in [4.78, 5) is 16.6. The van der Waals surface area contributed by atoms with E-state index in [0.29, 0.717) is 10.7 Å². The van der Waals surface area contributed by atoms with E-state index in [0.717, 1.165) is 24.1 Å². The van der Waals surface area contributed by atoms with Crippen LogP contribution in [-0.4, -0.2) is 11.8 Å². The summed E-state index contributed by atoms with van der Waals surface area (Å²) in [5, 5.41) is 7.15. The maximum absolute atomic E-state index is 11.7. The molecule has 106 valence electrons. The number of aryl methyl sites for hydroxylation is 1. The number of benzene rings is 2. The zero-order chi connectivity index (χ0) is 14.7. The summed E-state index contributed by atoms with van der Waals surface area (Å²) in [7, 11) is 0. The number of nitrogens with one attached hydrogen (secondary N) is 1. The molecule has 0 atom stereocenters. The highest BCUT2D eigenvalue weighted by Gasteiger charge is 2.17. The highest BCUT2D eigenvalue weighted by Crippen LogP contribution is 2.22. The molecule has 0 heterocycles. The van der Waals surface area contributed by atoms with Gasteiger partial charge in [-0.05, 0) is 42.7 Å². The predicted molar refractivity (Wildman–Crippen MR) is 82.9 cm³/mol. The summed E-state index contributed by atoms with van der Waals surface area (Å²) in [6, 6.07) is 14.8. The highest BCUT2D eigenvalue weighted by molar-refractivity contribution is 6.30. The molecule has 0 saturated heterocycles. The molecular formula is C16H13ClN2O2. The topological polar surface area (TPSA) is 50.7 Å². The summed E-state index contributed by atoms with van der Waals surface area (Å²) < 4.78 is 0. The fourth-order valence-corrected chi connectivity index (χ4v) is 2.40. The minimum atomic E-state index is -0.616. The van der Waals surface area contributed by atoms with Crippen molar-refractivity contribution in [2.24, 2.45) is 5.16 Å². The molecule has 0 unspecified atom stereocenters. The number of halogens is 1. The second-order valence-corrected chi connectivity index (χ2v) is 5.14. The second kappa shape index (κ2) is 5.97. The Bertz CT molecular complexity index is 696. The van der Waals surface area contributed by atoms with E-state index in [4.69, 9.17) is 16.4 Å². The van der Waals surface area contributed by atoms with E-state index in [9.17, 15) is 4.79 Å². The molecule has 0 radical (unpaired) electrons. The van der Waals surface area contributed by atoms with Gasteiger partial charge >= 0.3 is 6.09 Å². The summed E-state index contributed by atoms with van der Waals surface area (Å²) >= 11 is 5.78. The van der Waals surface area contributed by atoms with Gasteiger partial charge in [-0.15, -0.1) is 0 Å². The number of carbonyl (C=O) groups is 1. The molecule has 1 N–H and O–H groups in total. The number of carbonyl (C=O) groups excluding carboxylic acids is 1. The van der Waals surface area contributed by atoms with Crippen molar-refractivity contribution in [3.8, 4) is 0 Å². The lowest BCUT2D eigenvalue weighted by molar-refractivity contribution is 0.166. The normalized spacial score (nSPS) is 14.8. The van der Waals surface area contributed by atoms with E-state index in [1.165, 1.54) is 5.56 Å². The van der Waals surface area contributed by atoms with Gasteiger partial charge in [0.05, 0.1) is 5.71 Å². The van der Waals surface area contributed by atoms with E-state index in [1.807, 2.05) is 18.2 Å². The molecule has 0 bridgehead atoms. The maximum atomic E-state index is 11.7. The Morgan fingerprint density at radius 2 is 1.86 bits per heavy atom. The van der Waals surface area contributed by atoms with Crippen LogP contribution in [0.2, 0.25) is 5.02 Å². The number of rotatable bonds is 2. The van der Waals surface area contributed by atoms with Crippen LogP contribution in [0.25, 0.3) is 0 Å². The number of fused-ring (bicyclic) bond motifs is 1. The zero-order valence-corrected chi connectivity index (χ0v) is 11.9. The predicted octanol–water partition coefficient (Wildman–Crippen LogP) is 4.24. The summed E-state index contributed by atoms with van der Waals surface area (Å²) in [5.74, 6) is 0. The van der Waals surface area contributed by atoms with Gasteiger partial charge in [-0.1, -0.05) is 41.0 Å². The number of nitrogens with zero attached hydrogens (tertiary/aromatic N) is 1. The molecule has 1 aliphatic carbocycles. The molecule has 0 saturated carbocycles. The molecular weight excluding hydrogens is 288 g/mol. The lowest BCUT2D eigenvalue weighted by Gasteiger charge is -2.03. The van der Waals surface area contributed by atoms with Crippen molar-refractivity contribution in [2.75, 3.05) is 5.32 Å². The molecule has 1 amide bonds. The number of anilines is 1. The van der Waals surface area contributed by atoms with E-state index in [1.54, 1.807) is 24.3 Å². The molecule has 1 aliphatic rings. The van der Waals surface area contributed by atoms with Gasteiger partial charge < -0.3 is 0 Å². The van der Waals surface area contributed by atoms with Crippen LogP contribution in [-0.2, 0) is 11.3 Å². The molecule has 21 heavy (non-hydrogen) atoms. The minimum Gasteiger partial charge on any atom is -0.297 e. The van der Waals surface area contributed by atoms with Crippen LogP contribution in [0, 0.1) is 0 Å². The molecule has 0 aliphatic heterocycles. The van der Waals surface area contributed by atoms with Crippen molar-refractivity contribution in [1.29, 1.82) is 0 Å². The van der Waals surface area contributed by atoms with Crippen LogP contribution in [0.15, 0.2) is 53.7 Å². The Hall–Kier alpha value is -2.33. The van der Waals surface area contributed by atoms with Crippen LogP contribution >= 0.6 is 11.6 Å². The number of hydrogen-bond donors (Lipinski definition) is 1. The van der Waals surface area contributed by atoms with Gasteiger partial charge in [0, 0.05) is 16.3 Å². The fourth-order valence-electron chi connectivity index (χ4n) is 2.27. The van der Waals surface area contributed by atoms with Crippen molar-refractivity contribution in [1.82, 2.24) is 0 Å². The summed E-state index contributed by atoms with van der Waals surface area (Å²) in [6.07, 6.45) is 1.10. The third-order valence-electron chi connectivity index (χ3n) is 3.29. The first kappa shape index (κ1) is 13.6. The molecule has 2 aromatic rings. The van der Waals surface area contributed by atoms with Crippen LogP contribution < -0.4 is 5.32 Å². The molecule has 2 aromatic carbocycles. The van der Waals surface area contributed by atoms with Gasteiger partial charge in [-0.3, -0.25) is 10.2 Å². The first-order valence-corrected chi connectivity index (χ1v) is 6.99. The Morgan fingerprint density at radius 3 is 2.67 bits per heavy atom. The lowest BCUT2D eigenvalue weighted by Crippen LogP contribution is -2.11. The zero-order valence-electron chi connectivity index (χ0n) is 11.2. The molecule has 0 aromatic heterocycles. The van der Waals surface area contributed by atoms with E-state index in [-0.39, 0.29) is 0 Å². The Kier molecular flexibility index (Phi) is 3.88. The SMILES string of the molecule is O=C(Nc1ccc(Cl)cc1)O/N=C1\CCc2ccccc21. The van der Waals surface area contributed by atoms with Crippen molar-refractivity contribution >= 4 is 29.1 Å². The van der Waals surface area contributed by atoms with Crippen molar-refractivity contribution in [3.63, 3.8) is 0 Å². The van der Waals surface area contributed by atoms with E-state index < -0.39 is 6.09 Å². The Morgan fingerprint density at radius 1 is 1.10 bits per heavy atom. The van der Waals surface area contributed by atoms with Gasteiger partial charge in [0.1, 0.15) is 0 Å². The smallest absolute Gasteiger partial charge is 0.297 e. The Labute approximate surface area is 127 Å². The molecule has 5 heteroatoms. The molecule has 0 fully saturated rings. The quantitative estimate of drug-likeness (QED) is 0.666. The van der Waals surface area contributed by atoms with Gasteiger partial charge in [-0.2, -0.15) is 0 Å². The minimum absolute atomic E-state index is 0.608. The number of oxime groups is 1. The number of hydrogen-bond acceptors (Lipinski definition) is 3. The highest BCUT2D eigenvalue weighted by atomic mass is 35.5. The van der Waals surface area contributed by atoms with E-state index >= 15 is 0 Å². The van der Waals surface area contributed by atoms with Crippen LogP contribution in [0.5, 0.6) is 0 Å².